The van der Waals surface area contributed by atoms with Crippen LogP contribution in [0.25, 0.3) is 0 Å². The van der Waals surface area contributed by atoms with Crippen LogP contribution in [0.15, 0.2) is 18.2 Å². The van der Waals surface area contributed by atoms with Gasteiger partial charge in [-0.15, -0.1) is 0 Å². The summed E-state index contributed by atoms with van der Waals surface area (Å²) >= 11 is 5.52. The van der Waals surface area contributed by atoms with E-state index in [2.05, 4.69) is 10.6 Å². The molecule has 0 radical (unpaired) electrons. The molecule has 3 nitrogen and oxygen atoms in total. The topological polar surface area (TPSA) is 41.1 Å². The Morgan fingerprint density at radius 3 is 2.70 bits per heavy atom. The number of carbonyl (C=O) groups excluding carboxylic acids is 1. The minimum atomic E-state index is -4.54. The highest BCUT2D eigenvalue weighted by Gasteiger charge is 2.34. The maximum atomic E-state index is 12.7. The number of rotatable bonds is 2. The summed E-state index contributed by atoms with van der Waals surface area (Å²) in [4.78, 5) is 12.0. The van der Waals surface area contributed by atoms with Crippen molar-refractivity contribution in [1.29, 1.82) is 0 Å². The number of hydrogen-bond donors (Lipinski definition) is 2. The molecule has 2 rings (SSSR count). The van der Waals surface area contributed by atoms with Gasteiger partial charge in [0.15, 0.2) is 0 Å². The molecule has 1 aromatic carbocycles. The molecule has 1 aromatic rings. The molecular weight excluding hydrogens is 293 g/mol. The zero-order chi connectivity index (χ0) is 14.9. The Kier molecular flexibility index (Phi) is 4.25. The fourth-order valence-electron chi connectivity index (χ4n) is 2.27. The van der Waals surface area contributed by atoms with E-state index in [1.165, 1.54) is 6.07 Å². The van der Waals surface area contributed by atoms with Crippen molar-refractivity contribution in [2.75, 3.05) is 11.9 Å². The van der Waals surface area contributed by atoms with Gasteiger partial charge in [0.1, 0.15) is 0 Å². The number of anilines is 1. The van der Waals surface area contributed by atoms with E-state index in [1.54, 1.807) is 0 Å². The van der Waals surface area contributed by atoms with E-state index >= 15 is 0 Å². The Bertz CT molecular complexity index is 519. The molecule has 0 aliphatic carbocycles. The van der Waals surface area contributed by atoms with Crippen molar-refractivity contribution in [3.63, 3.8) is 0 Å². The first-order valence-electron chi connectivity index (χ1n) is 6.20. The van der Waals surface area contributed by atoms with E-state index in [9.17, 15) is 18.0 Å². The second kappa shape index (κ2) is 5.61. The van der Waals surface area contributed by atoms with Crippen LogP contribution in [0.2, 0.25) is 5.02 Å². The lowest BCUT2D eigenvalue weighted by molar-refractivity contribution is -0.137. The monoisotopic (exact) mass is 306 g/mol. The molecule has 2 unspecified atom stereocenters. The molecule has 0 saturated carbocycles. The summed E-state index contributed by atoms with van der Waals surface area (Å²) in [6, 6.07) is 3.37. The molecule has 1 heterocycles. The first-order chi connectivity index (χ1) is 9.29. The predicted octanol–water partition coefficient (Wildman–Crippen LogP) is 3.30. The quantitative estimate of drug-likeness (QED) is 0.880. The maximum Gasteiger partial charge on any atom is 0.417 e. The third kappa shape index (κ3) is 3.24. The third-order valence-corrected chi connectivity index (χ3v) is 3.73. The SMILES string of the molecule is CC1NCCC1C(=O)Nc1ccc(Cl)c(C(F)(F)F)c1. The highest BCUT2D eigenvalue weighted by atomic mass is 35.5. The average molecular weight is 307 g/mol. The Morgan fingerprint density at radius 1 is 1.45 bits per heavy atom. The van der Waals surface area contributed by atoms with Gasteiger partial charge in [-0.3, -0.25) is 4.79 Å². The van der Waals surface area contributed by atoms with Crippen molar-refractivity contribution in [2.24, 2.45) is 5.92 Å². The Morgan fingerprint density at radius 2 is 2.15 bits per heavy atom. The fourth-order valence-corrected chi connectivity index (χ4v) is 2.50. The molecule has 2 atom stereocenters. The number of amides is 1. The number of alkyl halides is 3. The van der Waals surface area contributed by atoms with Crippen LogP contribution in [-0.4, -0.2) is 18.5 Å². The molecule has 7 heteroatoms. The Labute approximate surface area is 119 Å². The largest absolute Gasteiger partial charge is 0.417 e. The van der Waals surface area contributed by atoms with Gasteiger partial charge in [-0.05, 0) is 38.1 Å². The molecular formula is C13H14ClF3N2O. The van der Waals surface area contributed by atoms with Gasteiger partial charge < -0.3 is 10.6 Å². The molecule has 20 heavy (non-hydrogen) atoms. The molecule has 1 amide bonds. The highest BCUT2D eigenvalue weighted by Crippen LogP contribution is 2.36. The molecule has 0 bridgehead atoms. The van der Waals surface area contributed by atoms with E-state index in [0.29, 0.717) is 6.42 Å². The van der Waals surface area contributed by atoms with Crippen LogP contribution in [0.3, 0.4) is 0 Å². The molecule has 1 saturated heterocycles. The van der Waals surface area contributed by atoms with E-state index < -0.39 is 11.7 Å². The number of halogens is 4. The molecule has 0 aromatic heterocycles. The zero-order valence-corrected chi connectivity index (χ0v) is 11.5. The van der Waals surface area contributed by atoms with E-state index in [4.69, 9.17) is 11.6 Å². The van der Waals surface area contributed by atoms with Crippen molar-refractivity contribution < 1.29 is 18.0 Å². The van der Waals surface area contributed by atoms with Crippen molar-refractivity contribution in [3.8, 4) is 0 Å². The summed E-state index contributed by atoms with van der Waals surface area (Å²) in [5, 5.41) is 5.25. The molecule has 110 valence electrons. The smallest absolute Gasteiger partial charge is 0.326 e. The first kappa shape index (κ1) is 15.1. The zero-order valence-electron chi connectivity index (χ0n) is 10.7. The second-order valence-electron chi connectivity index (χ2n) is 4.82. The van der Waals surface area contributed by atoms with Crippen LogP contribution in [0.1, 0.15) is 18.9 Å². The van der Waals surface area contributed by atoms with E-state index in [1.807, 2.05) is 6.92 Å². The van der Waals surface area contributed by atoms with Gasteiger partial charge in [0, 0.05) is 11.7 Å². The highest BCUT2D eigenvalue weighted by molar-refractivity contribution is 6.31. The minimum absolute atomic E-state index is 0.0180. The molecule has 2 N–H and O–H groups in total. The van der Waals surface area contributed by atoms with Gasteiger partial charge in [-0.2, -0.15) is 13.2 Å². The van der Waals surface area contributed by atoms with Crippen LogP contribution < -0.4 is 10.6 Å². The summed E-state index contributed by atoms with van der Waals surface area (Å²) in [6.45, 7) is 2.61. The van der Waals surface area contributed by atoms with Gasteiger partial charge in [0.2, 0.25) is 5.91 Å². The predicted molar refractivity (Wildman–Crippen MR) is 70.7 cm³/mol. The van der Waals surface area contributed by atoms with Crippen molar-refractivity contribution in [2.45, 2.75) is 25.6 Å². The minimum Gasteiger partial charge on any atom is -0.326 e. The Balaban J connectivity index is 2.16. The van der Waals surface area contributed by atoms with Crippen molar-refractivity contribution >= 4 is 23.2 Å². The normalized spacial score (nSPS) is 22.9. The molecule has 1 aliphatic heterocycles. The van der Waals surface area contributed by atoms with E-state index in [0.717, 1.165) is 18.7 Å². The maximum absolute atomic E-state index is 12.7. The van der Waals surface area contributed by atoms with Gasteiger partial charge in [-0.25, -0.2) is 0 Å². The van der Waals surface area contributed by atoms with Crippen LogP contribution >= 0.6 is 11.6 Å². The van der Waals surface area contributed by atoms with Crippen molar-refractivity contribution in [1.82, 2.24) is 5.32 Å². The lowest BCUT2D eigenvalue weighted by Crippen LogP contribution is -2.32. The average Bonchev–Trinajstić information content (AvgIpc) is 2.76. The summed E-state index contributed by atoms with van der Waals surface area (Å²) in [7, 11) is 0. The fraction of sp³-hybridized carbons (Fsp3) is 0.462. The third-order valence-electron chi connectivity index (χ3n) is 3.40. The number of nitrogens with one attached hydrogen (secondary N) is 2. The summed E-state index contributed by atoms with van der Waals surface area (Å²) in [5.74, 6) is -0.516. The Hall–Kier alpha value is -1.27. The number of benzene rings is 1. The van der Waals surface area contributed by atoms with Crippen LogP contribution in [0.4, 0.5) is 18.9 Å². The lowest BCUT2D eigenvalue weighted by Gasteiger charge is -2.16. The molecule has 1 fully saturated rings. The summed E-state index contributed by atoms with van der Waals surface area (Å²) < 4.78 is 38.2. The lowest BCUT2D eigenvalue weighted by atomic mass is 10.0. The molecule has 0 spiro atoms. The first-order valence-corrected chi connectivity index (χ1v) is 6.58. The van der Waals surface area contributed by atoms with Crippen LogP contribution in [0.5, 0.6) is 0 Å². The van der Waals surface area contributed by atoms with Crippen LogP contribution in [0, 0.1) is 5.92 Å². The van der Waals surface area contributed by atoms with Gasteiger partial charge >= 0.3 is 6.18 Å². The summed E-state index contributed by atoms with van der Waals surface area (Å²) in [6.07, 6.45) is -3.87. The standard InChI is InChI=1S/C13H14ClF3N2O/c1-7-9(4-5-18-7)12(20)19-8-2-3-11(14)10(6-8)13(15,16)17/h2-3,6-7,9,18H,4-5H2,1H3,(H,19,20). The van der Waals surface area contributed by atoms with Crippen molar-refractivity contribution in [3.05, 3.63) is 28.8 Å². The van der Waals surface area contributed by atoms with E-state index in [-0.39, 0.29) is 28.6 Å². The second-order valence-corrected chi connectivity index (χ2v) is 5.23. The summed E-state index contributed by atoms with van der Waals surface area (Å²) in [5.41, 5.74) is -0.847. The molecule has 1 aliphatic rings. The number of hydrogen-bond acceptors (Lipinski definition) is 2. The van der Waals surface area contributed by atoms with Crippen LogP contribution in [-0.2, 0) is 11.0 Å². The number of carbonyl (C=O) groups is 1. The van der Waals surface area contributed by atoms with Gasteiger partial charge in [0.05, 0.1) is 16.5 Å². The van der Waals surface area contributed by atoms with Gasteiger partial charge in [-0.1, -0.05) is 11.6 Å². The van der Waals surface area contributed by atoms with Gasteiger partial charge in [0.25, 0.3) is 0 Å².